The van der Waals surface area contributed by atoms with Crippen molar-refractivity contribution in [3.63, 3.8) is 0 Å². The number of halogens is 1. The van der Waals surface area contributed by atoms with Crippen molar-refractivity contribution >= 4 is 23.6 Å². The molecule has 1 aromatic heterocycles. The van der Waals surface area contributed by atoms with E-state index in [4.69, 9.17) is 0 Å². The molecule has 2 aromatic rings. The fourth-order valence-corrected chi connectivity index (χ4v) is 4.00. The summed E-state index contributed by atoms with van der Waals surface area (Å²) in [6, 6.07) is 10.8. The van der Waals surface area contributed by atoms with Crippen LogP contribution in [0.4, 0.5) is 0 Å². The summed E-state index contributed by atoms with van der Waals surface area (Å²) in [5.74, 6) is 0.742. The van der Waals surface area contributed by atoms with Gasteiger partial charge in [-0.25, -0.2) is 9.97 Å². The fraction of sp³-hybridized carbons (Fsp3) is 0.364. The second-order valence-electron chi connectivity index (χ2n) is 7.11. The Labute approximate surface area is 162 Å². The first-order valence-corrected chi connectivity index (χ1v) is 9.30. The van der Waals surface area contributed by atoms with E-state index in [0.717, 1.165) is 25.3 Å². The number of benzene rings is 1. The van der Waals surface area contributed by atoms with Crippen LogP contribution in [-0.4, -0.2) is 34.5 Å². The van der Waals surface area contributed by atoms with E-state index in [1.54, 1.807) is 6.33 Å². The summed E-state index contributed by atoms with van der Waals surface area (Å²) in [6.45, 7) is 3.45. The van der Waals surface area contributed by atoms with Gasteiger partial charge in [-0.1, -0.05) is 42.5 Å². The molecule has 0 radical (unpaired) electrons. The summed E-state index contributed by atoms with van der Waals surface area (Å²) in [5, 5.41) is 0. The molecule has 1 aromatic carbocycles. The van der Waals surface area contributed by atoms with Crippen molar-refractivity contribution in [1.82, 2.24) is 14.9 Å². The van der Waals surface area contributed by atoms with Gasteiger partial charge in [0.25, 0.3) is 0 Å². The number of allylic oxidation sites excluding steroid dienone is 2. The molecule has 3 nitrogen and oxygen atoms in total. The molecule has 0 spiro atoms. The monoisotopic (exact) mass is 367 g/mol. The highest BCUT2D eigenvalue weighted by Crippen LogP contribution is 2.31. The Morgan fingerprint density at radius 2 is 1.77 bits per heavy atom. The molecule has 1 aliphatic heterocycles. The van der Waals surface area contributed by atoms with Crippen LogP contribution in [0.25, 0.3) is 11.1 Å². The quantitative estimate of drug-likeness (QED) is 0.771. The van der Waals surface area contributed by atoms with Gasteiger partial charge in [0.1, 0.15) is 6.33 Å². The summed E-state index contributed by atoms with van der Waals surface area (Å²) in [5.41, 5.74) is 5.50. The molecule has 0 N–H and O–H groups in total. The van der Waals surface area contributed by atoms with E-state index >= 15 is 0 Å². The van der Waals surface area contributed by atoms with Crippen molar-refractivity contribution in [1.29, 1.82) is 0 Å². The first-order valence-electron chi connectivity index (χ1n) is 9.30. The minimum absolute atomic E-state index is 0. The number of hydrogen-bond acceptors (Lipinski definition) is 3. The molecule has 136 valence electrons. The van der Waals surface area contributed by atoms with Crippen molar-refractivity contribution in [2.75, 3.05) is 19.6 Å². The summed E-state index contributed by atoms with van der Waals surface area (Å²) >= 11 is 0. The molecule has 1 aliphatic carbocycles. The first kappa shape index (κ1) is 18.8. The van der Waals surface area contributed by atoms with Gasteiger partial charge in [0.2, 0.25) is 0 Å². The Morgan fingerprint density at radius 1 is 0.962 bits per heavy atom. The molecular weight excluding hydrogens is 342 g/mol. The molecule has 2 aliphatic rings. The van der Waals surface area contributed by atoms with Crippen LogP contribution in [0.1, 0.15) is 36.8 Å². The van der Waals surface area contributed by atoms with Crippen LogP contribution >= 0.6 is 12.4 Å². The number of aromatic nitrogens is 2. The number of rotatable bonds is 4. The standard InChI is InChI=1S/C22H25N3.ClH/c1-2-6-19(7-3-1)20-9-11-25(12-10-20)16-18-5-4-8-21(13-18)22-14-23-17-24-15-22;/h1-3,6-9,14-15,17-18H,4-5,10-13,16H2;1H. The van der Waals surface area contributed by atoms with Gasteiger partial charge >= 0.3 is 0 Å². The van der Waals surface area contributed by atoms with E-state index in [0.29, 0.717) is 0 Å². The smallest absolute Gasteiger partial charge is 0.115 e. The maximum Gasteiger partial charge on any atom is 0.115 e. The highest BCUT2D eigenvalue weighted by Gasteiger charge is 2.21. The first-order chi connectivity index (χ1) is 12.4. The molecule has 4 heteroatoms. The van der Waals surface area contributed by atoms with Crippen LogP contribution < -0.4 is 0 Å². The van der Waals surface area contributed by atoms with Gasteiger partial charge < -0.3 is 0 Å². The van der Waals surface area contributed by atoms with Gasteiger partial charge in [0.15, 0.2) is 0 Å². The molecule has 1 atom stereocenters. The van der Waals surface area contributed by atoms with Crippen molar-refractivity contribution in [3.8, 4) is 0 Å². The van der Waals surface area contributed by atoms with Gasteiger partial charge in [0.05, 0.1) is 0 Å². The molecule has 0 saturated heterocycles. The van der Waals surface area contributed by atoms with E-state index in [-0.39, 0.29) is 12.4 Å². The molecule has 0 saturated carbocycles. The number of hydrogen-bond donors (Lipinski definition) is 0. The van der Waals surface area contributed by atoms with Crippen molar-refractivity contribution in [2.24, 2.45) is 5.92 Å². The zero-order valence-corrected chi connectivity index (χ0v) is 15.9. The second-order valence-corrected chi connectivity index (χ2v) is 7.11. The Morgan fingerprint density at radius 3 is 2.50 bits per heavy atom. The van der Waals surface area contributed by atoms with E-state index in [9.17, 15) is 0 Å². The molecule has 0 bridgehead atoms. The lowest BCUT2D eigenvalue weighted by Crippen LogP contribution is -2.33. The average molecular weight is 368 g/mol. The largest absolute Gasteiger partial charge is 0.299 e. The maximum absolute atomic E-state index is 4.17. The highest BCUT2D eigenvalue weighted by molar-refractivity contribution is 5.85. The van der Waals surface area contributed by atoms with E-state index in [2.05, 4.69) is 57.4 Å². The Balaban J connectivity index is 0.00000196. The number of nitrogens with zero attached hydrogens (tertiary/aromatic N) is 3. The molecular formula is C22H26ClN3. The Hall–Kier alpha value is -1.97. The minimum atomic E-state index is 0. The van der Waals surface area contributed by atoms with E-state index in [1.807, 2.05) is 12.4 Å². The summed E-state index contributed by atoms with van der Waals surface area (Å²) in [7, 11) is 0. The van der Waals surface area contributed by atoms with E-state index in [1.165, 1.54) is 48.2 Å². The van der Waals surface area contributed by atoms with Gasteiger partial charge in [0, 0.05) is 37.6 Å². The molecule has 26 heavy (non-hydrogen) atoms. The van der Waals surface area contributed by atoms with Gasteiger partial charge in [-0.05, 0) is 48.3 Å². The van der Waals surface area contributed by atoms with Crippen LogP contribution in [0, 0.1) is 5.92 Å². The second kappa shape index (κ2) is 9.11. The lowest BCUT2D eigenvalue weighted by atomic mass is 9.85. The Bertz CT molecular complexity index is 755. The molecule has 1 unspecified atom stereocenters. The summed E-state index contributed by atoms with van der Waals surface area (Å²) < 4.78 is 0. The molecule has 4 rings (SSSR count). The lowest BCUT2D eigenvalue weighted by molar-refractivity contribution is 0.244. The SMILES string of the molecule is C1=C(c2ccccc2)CCN(CC2CCC=C(c3cncnc3)C2)C1.Cl. The lowest BCUT2D eigenvalue weighted by Gasteiger charge is -2.32. The van der Waals surface area contributed by atoms with E-state index < -0.39 is 0 Å². The zero-order valence-electron chi connectivity index (χ0n) is 15.1. The third-order valence-corrected chi connectivity index (χ3v) is 5.36. The molecule has 2 heterocycles. The van der Waals surface area contributed by atoms with Crippen LogP contribution in [0.5, 0.6) is 0 Å². The van der Waals surface area contributed by atoms with Crippen molar-refractivity contribution in [2.45, 2.75) is 25.7 Å². The Kier molecular flexibility index (Phi) is 6.59. The molecule has 0 fully saturated rings. The van der Waals surface area contributed by atoms with Gasteiger partial charge in [-0.2, -0.15) is 0 Å². The predicted octanol–water partition coefficient (Wildman–Crippen LogP) is 4.87. The summed E-state index contributed by atoms with van der Waals surface area (Å²) in [4.78, 5) is 10.9. The third-order valence-electron chi connectivity index (χ3n) is 5.36. The van der Waals surface area contributed by atoms with Gasteiger partial charge in [-0.3, -0.25) is 4.90 Å². The predicted molar refractivity (Wildman–Crippen MR) is 110 cm³/mol. The topological polar surface area (TPSA) is 29.0 Å². The summed E-state index contributed by atoms with van der Waals surface area (Å²) in [6.07, 6.45) is 15.1. The fourth-order valence-electron chi connectivity index (χ4n) is 4.00. The van der Waals surface area contributed by atoms with Crippen molar-refractivity contribution in [3.05, 3.63) is 72.3 Å². The van der Waals surface area contributed by atoms with Crippen LogP contribution in [-0.2, 0) is 0 Å². The van der Waals surface area contributed by atoms with Crippen molar-refractivity contribution < 1.29 is 0 Å². The third kappa shape index (κ3) is 4.60. The van der Waals surface area contributed by atoms with Crippen LogP contribution in [0.2, 0.25) is 0 Å². The highest BCUT2D eigenvalue weighted by atomic mass is 35.5. The average Bonchev–Trinajstić information content (AvgIpc) is 2.70. The van der Waals surface area contributed by atoms with Gasteiger partial charge in [-0.15, -0.1) is 12.4 Å². The van der Waals surface area contributed by atoms with Crippen LogP contribution in [0.15, 0.2) is 61.2 Å². The normalized spacial score (nSPS) is 20.7. The zero-order chi connectivity index (χ0) is 16.9. The van der Waals surface area contributed by atoms with Crippen LogP contribution in [0.3, 0.4) is 0 Å². The minimum Gasteiger partial charge on any atom is -0.299 e. The molecule has 0 amide bonds. The maximum atomic E-state index is 4.17.